The molecule has 0 aliphatic carbocycles. The van der Waals surface area contributed by atoms with Crippen LogP contribution < -0.4 is 9.64 Å². The van der Waals surface area contributed by atoms with E-state index in [2.05, 4.69) is 9.80 Å². The molecule has 174 valence electrons. The second-order valence-corrected chi connectivity index (χ2v) is 9.04. The van der Waals surface area contributed by atoms with Crippen molar-refractivity contribution in [3.63, 3.8) is 0 Å². The molecule has 0 aromatic heterocycles. The van der Waals surface area contributed by atoms with Crippen LogP contribution in [0.5, 0.6) is 11.5 Å². The summed E-state index contributed by atoms with van der Waals surface area (Å²) in [6, 6.07) is 15.6. The fraction of sp³-hybridized carbons (Fsp3) is 0.222. The number of phenols is 1. The first-order valence-corrected chi connectivity index (χ1v) is 11.6. The first-order chi connectivity index (χ1) is 16.4. The maximum absolute atomic E-state index is 14.1. The van der Waals surface area contributed by atoms with Crippen LogP contribution in [-0.4, -0.2) is 42.0 Å². The molecule has 5 rings (SSSR count). The predicted molar refractivity (Wildman–Crippen MR) is 131 cm³/mol. The number of nitrogens with zero attached hydrogens (tertiary/aromatic N) is 2. The number of anilines is 1. The molecule has 2 aliphatic rings. The van der Waals surface area contributed by atoms with Gasteiger partial charge in [0.2, 0.25) is 5.78 Å². The number of aryl methyl sites for hydroxylation is 1. The average Bonchev–Trinajstić information content (AvgIpc) is 3.15. The number of ether oxygens (including phenoxy) is 1. The monoisotopic (exact) mass is 478 g/mol. The van der Waals surface area contributed by atoms with E-state index in [4.69, 9.17) is 16.3 Å². The van der Waals surface area contributed by atoms with Crippen LogP contribution in [0.25, 0.3) is 6.08 Å². The Hall–Kier alpha value is -3.35. The Morgan fingerprint density at radius 2 is 1.85 bits per heavy atom. The number of carbonyl (C=O) groups is 1. The number of ketones is 1. The van der Waals surface area contributed by atoms with Crippen LogP contribution in [0.1, 0.15) is 27.0 Å². The zero-order chi connectivity index (χ0) is 23.8. The van der Waals surface area contributed by atoms with Gasteiger partial charge in [0.05, 0.1) is 11.1 Å². The Kier molecular flexibility index (Phi) is 6.02. The van der Waals surface area contributed by atoms with Crippen molar-refractivity contribution in [3.8, 4) is 11.5 Å². The highest BCUT2D eigenvalue weighted by Gasteiger charge is 2.34. The molecule has 0 atom stereocenters. The van der Waals surface area contributed by atoms with Gasteiger partial charge in [-0.1, -0.05) is 35.9 Å². The highest BCUT2D eigenvalue weighted by molar-refractivity contribution is 6.30. The summed E-state index contributed by atoms with van der Waals surface area (Å²) in [5, 5.41) is 11.4. The molecule has 0 bridgehead atoms. The minimum Gasteiger partial charge on any atom is -0.507 e. The van der Waals surface area contributed by atoms with E-state index in [1.54, 1.807) is 31.2 Å². The van der Waals surface area contributed by atoms with E-state index < -0.39 is 5.82 Å². The molecule has 0 saturated carbocycles. The van der Waals surface area contributed by atoms with Gasteiger partial charge in [-0.2, -0.15) is 0 Å². The number of allylic oxidation sites excluding steroid dienone is 1. The van der Waals surface area contributed by atoms with Crippen LogP contribution in [0.2, 0.25) is 5.02 Å². The molecule has 2 aliphatic heterocycles. The summed E-state index contributed by atoms with van der Waals surface area (Å²) in [5.74, 6) is -0.223. The van der Waals surface area contributed by atoms with Crippen molar-refractivity contribution >= 4 is 29.1 Å². The largest absolute Gasteiger partial charge is 0.507 e. The number of Topliss-reactive ketones (excluding diaryl/α,β-unsaturated/α-hetero) is 1. The number of piperazine rings is 1. The first-order valence-electron chi connectivity index (χ1n) is 11.2. The molecule has 0 unspecified atom stereocenters. The minimum absolute atomic E-state index is 0.0563. The average molecular weight is 479 g/mol. The number of carbonyl (C=O) groups excluding carboxylic acids is 1. The van der Waals surface area contributed by atoms with Crippen LogP contribution in [0.15, 0.2) is 60.4 Å². The molecule has 3 aromatic rings. The lowest BCUT2D eigenvalue weighted by atomic mass is 9.99. The van der Waals surface area contributed by atoms with Crippen LogP contribution in [0, 0.1) is 12.7 Å². The summed E-state index contributed by atoms with van der Waals surface area (Å²) in [6.07, 6.45) is 1.42. The number of benzene rings is 3. The van der Waals surface area contributed by atoms with E-state index in [9.17, 15) is 14.3 Å². The van der Waals surface area contributed by atoms with Gasteiger partial charge in [-0.25, -0.2) is 4.39 Å². The number of fused-ring (bicyclic) bond motifs is 1. The maximum Gasteiger partial charge on any atom is 0.232 e. The highest BCUT2D eigenvalue weighted by atomic mass is 35.5. The third-order valence-electron chi connectivity index (χ3n) is 6.34. The molecule has 0 radical (unpaired) electrons. The van der Waals surface area contributed by atoms with Gasteiger partial charge < -0.3 is 14.7 Å². The summed E-state index contributed by atoms with van der Waals surface area (Å²) >= 11 is 6.14. The third kappa shape index (κ3) is 4.27. The van der Waals surface area contributed by atoms with E-state index in [0.717, 1.165) is 31.9 Å². The number of halogens is 2. The third-order valence-corrected chi connectivity index (χ3v) is 6.58. The van der Waals surface area contributed by atoms with E-state index in [1.807, 2.05) is 24.3 Å². The summed E-state index contributed by atoms with van der Waals surface area (Å²) in [4.78, 5) is 17.6. The van der Waals surface area contributed by atoms with Gasteiger partial charge in [0.1, 0.15) is 17.3 Å². The van der Waals surface area contributed by atoms with E-state index in [1.165, 1.54) is 12.1 Å². The molecule has 0 spiro atoms. The van der Waals surface area contributed by atoms with Crippen molar-refractivity contribution in [2.45, 2.75) is 13.5 Å². The van der Waals surface area contributed by atoms with Gasteiger partial charge in [0, 0.05) is 49.0 Å². The van der Waals surface area contributed by atoms with Crippen LogP contribution in [0.4, 0.5) is 10.1 Å². The van der Waals surface area contributed by atoms with Gasteiger partial charge in [0.15, 0.2) is 5.76 Å². The maximum atomic E-state index is 14.1. The molecule has 3 aromatic carbocycles. The second-order valence-electron chi connectivity index (χ2n) is 8.60. The lowest BCUT2D eigenvalue weighted by molar-refractivity contribution is 0.101. The van der Waals surface area contributed by atoms with Gasteiger partial charge >= 0.3 is 0 Å². The van der Waals surface area contributed by atoms with Crippen LogP contribution >= 0.6 is 11.6 Å². The van der Waals surface area contributed by atoms with E-state index in [-0.39, 0.29) is 22.9 Å². The second kappa shape index (κ2) is 9.12. The van der Waals surface area contributed by atoms with Crippen LogP contribution in [-0.2, 0) is 6.54 Å². The standard InChI is InChI=1S/C27H24ClFN2O3/c1-17-13-23(32)21(16-30-9-11-31(12-10-30)20-7-4-6-19(28)15-20)27-25(17)26(33)24(34-27)14-18-5-2-3-8-22(18)29/h2-8,13-15,32H,9-12,16H2,1H3/b24-14-. The van der Waals surface area contributed by atoms with Gasteiger partial charge in [-0.05, 0) is 48.9 Å². The Labute approximate surface area is 202 Å². The predicted octanol–water partition coefficient (Wildman–Crippen LogP) is 5.43. The topological polar surface area (TPSA) is 53.0 Å². The number of rotatable bonds is 4. The Morgan fingerprint density at radius 1 is 1.09 bits per heavy atom. The summed E-state index contributed by atoms with van der Waals surface area (Å²) < 4.78 is 20.1. The lowest BCUT2D eigenvalue weighted by Crippen LogP contribution is -2.46. The number of aromatic hydroxyl groups is 1. The Balaban J connectivity index is 1.37. The minimum atomic E-state index is -0.431. The molecule has 0 amide bonds. The van der Waals surface area contributed by atoms with Gasteiger partial charge in [-0.3, -0.25) is 9.69 Å². The van der Waals surface area contributed by atoms with Crippen molar-refractivity contribution < 1.29 is 19.0 Å². The van der Waals surface area contributed by atoms with Gasteiger partial charge in [-0.15, -0.1) is 0 Å². The summed E-state index contributed by atoms with van der Waals surface area (Å²) in [5.41, 5.74) is 2.99. The van der Waals surface area contributed by atoms with Crippen molar-refractivity contribution in [1.82, 2.24) is 4.90 Å². The van der Waals surface area contributed by atoms with Crippen molar-refractivity contribution in [3.05, 3.63) is 93.5 Å². The fourth-order valence-corrected chi connectivity index (χ4v) is 4.71. The molecule has 34 heavy (non-hydrogen) atoms. The molecular formula is C27H24ClFN2O3. The molecule has 7 heteroatoms. The molecule has 1 saturated heterocycles. The molecule has 2 heterocycles. The van der Waals surface area contributed by atoms with Gasteiger partial charge in [0.25, 0.3) is 0 Å². The van der Waals surface area contributed by atoms with Crippen molar-refractivity contribution in [1.29, 1.82) is 0 Å². The Morgan fingerprint density at radius 3 is 2.59 bits per heavy atom. The van der Waals surface area contributed by atoms with Crippen LogP contribution in [0.3, 0.4) is 0 Å². The Bertz CT molecular complexity index is 1300. The molecule has 1 N–H and O–H groups in total. The van der Waals surface area contributed by atoms with E-state index in [0.29, 0.717) is 34.0 Å². The summed E-state index contributed by atoms with van der Waals surface area (Å²) in [7, 11) is 0. The number of hydrogen-bond acceptors (Lipinski definition) is 5. The smallest absolute Gasteiger partial charge is 0.232 e. The van der Waals surface area contributed by atoms with E-state index >= 15 is 0 Å². The first kappa shape index (κ1) is 22.4. The zero-order valence-electron chi connectivity index (χ0n) is 18.7. The number of hydrogen-bond donors (Lipinski definition) is 1. The highest BCUT2D eigenvalue weighted by Crippen LogP contribution is 2.42. The number of phenolic OH excluding ortho intramolecular Hbond substituents is 1. The molecule has 1 fully saturated rings. The van der Waals surface area contributed by atoms with Crippen molar-refractivity contribution in [2.75, 3.05) is 31.1 Å². The lowest BCUT2D eigenvalue weighted by Gasteiger charge is -2.36. The molecular weight excluding hydrogens is 455 g/mol. The summed E-state index contributed by atoms with van der Waals surface area (Å²) in [6.45, 7) is 5.39. The quantitative estimate of drug-likeness (QED) is 0.507. The molecule has 5 nitrogen and oxygen atoms in total. The fourth-order valence-electron chi connectivity index (χ4n) is 4.53. The zero-order valence-corrected chi connectivity index (χ0v) is 19.5. The normalized spacial score (nSPS) is 17.2. The van der Waals surface area contributed by atoms with Crippen molar-refractivity contribution in [2.24, 2.45) is 0 Å². The SMILES string of the molecule is Cc1cc(O)c(CN2CCN(c3cccc(Cl)c3)CC2)c2c1C(=O)/C(=C/c1ccccc1F)O2.